The summed E-state index contributed by atoms with van der Waals surface area (Å²) < 4.78 is 0. The van der Waals surface area contributed by atoms with Gasteiger partial charge in [-0.1, -0.05) is 11.6 Å². The lowest BCUT2D eigenvalue weighted by atomic mass is 10.3. The molecule has 0 aliphatic carbocycles. The molecule has 0 saturated heterocycles. The normalized spacial score (nSPS) is 10.3. The van der Waals surface area contributed by atoms with Crippen molar-refractivity contribution in [1.29, 1.82) is 0 Å². The van der Waals surface area contributed by atoms with Gasteiger partial charge in [0, 0.05) is 6.54 Å². The summed E-state index contributed by atoms with van der Waals surface area (Å²) in [6, 6.07) is -0.189. The number of hydrogen-bond donors (Lipinski definition) is 3. The highest BCUT2D eigenvalue weighted by molar-refractivity contribution is 4.94. The molecule has 0 radical (unpaired) electrons. The number of aliphatic hydroxyl groups excluding tert-OH is 2. The Morgan fingerprint density at radius 3 is 2.27 bits per heavy atom. The van der Waals surface area contributed by atoms with E-state index in [4.69, 9.17) is 10.2 Å². The van der Waals surface area contributed by atoms with Gasteiger partial charge in [-0.2, -0.15) is 0 Å². The zero-order valence-corrected chi connectivity index (χ0v) is 7.17. The van der Waals surface area contributed by atoms with Crippen LogP contribution in [0.2, 0.25) is 0 Å². The molecule has 0 atom stereocenters. The second kappa shape index (κ2) is 6.34. The van der Waals surface area contributed by atoms with Crippen LogP contribution in [0.1, 0.15) is 13.8 Å². The predicted molar refractivity (Wildman–Crippen MR) is 45.4 cm³/mol. The molecule has 0 spiro atoms. The van der Waals surface area contributed by atoms with Gasteiger partial charge in [0.15, 0.2) is 0 Å². The van der Waals surface area contributed by atoms with Crippen LogP contribution in [0.4, 0.5) is 0 Å². The van der Waals surface area contributed by atoms with Crippen LogP contribution in [0, 0.1) is 0 Å². The molecule has 0 fully saturated rings. The summed E-state index contributed by atoms with van der Waals surface area (Å²) in [7, 11) is 0. The van der Waals surface area contributed by atoms with Gasteiger partial charge in [-0.25, -0.2) is 0 Å². The van der Waals surface area contributed by atoms with Crippen molar-refractivity contribution in [3.8, 4) is 0 Å². The van der Waals surface area contributed by atoms with Gasteiger partial charge in [0.05, 0.1) is 19.3 Å². The van der Waals surface area contributed by atoms with E-state index < -0.39 is 0 Å². The lowest BCUT2D eigenvalue weighted by Gasteiger charge is -2.10. The number of nitrogens with one attached hydrogen (secondary N) is 1. The summed E-state index contributed by atoms with van der Waals surface area (Å²) >= 11 is 0. The van der Waals surface area contributed by atoms with Gasteiger partial charge in [-0.3, -0.25) is 0 Å². The third-order valence-electron chi connectivity index (χ3n) is 1.36. The van der Waals surface area contributed by atoms with Crippen LogP contribution in [0.15, 0.2) is 11.6 Å². The summed E-state index contributed by atoms with van der Waals surface area (Å²) in [6.45, 7) is 4.68. The molecule has 0 unspecified atom stereocenters. The second-order valence-corrected chi connectivity index (χ2v) is 2.75. The number of rotatable bonds is 5. The molecular weight excluding hydrogens is 142 g/mol. The van der Waals surface area contributed by atoms with E-state index in [1.807, 2.05) is 19.9 Å². The van der Waals surface area contributed by atoms with Gasteiger partial charge >= 0.3 is 0 Å². The fourth-order valence-corrected chi connectivity index (χ4v) is 0.617. The zero-order chi connectivity index (χ0) is 8.69. The molecule has 3 nitrogen and oxygen atoms in total. The van der Waals surface area contributed by atoms with Crippen LogP contribution in [-0.4, -0.2) is 36.0 Å². The van der Waals surface area contributed by atoms with Gasteiger partial charge in [-0.15, -0.1) is 0 Å². The van der Waals surface area contributed by atoms with E-state index in [0.717, 1.165) is 0 Å². The van der Waals surface area contributed by atoms with Crippen molar-refractivity contribution < 1.29 is 10.2 Å². The average Bonchev–Trinajstić information content (AvgIpc) is 1.98. The Labute approximate surface area is 67.7 Å². The first-order chi connectivity index (χ1) is 5.20. The molecule has 66 valence electrons. The minimum Gasteiger partial charge on any atom is -0.395 e. The topological polar surface area (TPSA) is 52.5 Å². The Morgan fingerprint density at radius 1 is 1.36 bits per heavy atom. The van der Waals surface area contributed by atoms with Gasteiger partial charge in [0.2, 0.25) is 0 Å². The molecule has 11 heavy (non-hydrogen) atoms. The zero-order valence-electron chi connectivity index (χ0n) is 7.17. The fourth-order valence-electron chi connectivity index (χ4n) is 0.617. The molecule has 0 saturated carbocycles. The van der Waals surface area contributed by atoms with E-state index in [9.17, 15) is 0 Å². The van der Waals surface area contributed by atoms with E-state index in [1.165, 1.54) is 5.57 Å². The molecule has 0 heterocycles. The molecule has 0 rings (SSSR count). The highest BCUT2D eigenvalue weighted by atomic mass is 16.3. The van der Waals surface area contributed by atoms with Crippen LogP contribution in [0.25, 0.3) is 0 Å². The summed E-state index contributed by atoms with van der Waals surface area (Å²) in [5, 5.41) is 20.3. The summed E-state index contributed by atoms with van der Waals surface area (Å²) in [4.78, 5) is 0. The van der Waals surface area contributed by atoms with E-state index >= 15 is 0 Å². The Bertz CT molecular complexity index is 115. The smallest absolute Gasteiger partial charge is 0.0607 e. The maximum Gasteiger partial charge on any atom is 0.0607 e. The first-order valence-corrected chi connectivity index (χ1v) is 3.79. The van der Waals surface area contributed by atoms with Crippen LogP contribution in [0.3, 0.4) is 0 Å². The molecule has 0 aromatic carbocycles. The van der Waals surface area contributed by atoms with Gasteiger partial charge < -0.3 is 15.5 Å². The predicted octanol–water partition coefficient (Wildman–Crippen LogP) is -0.105. The highest BCUT2D eigenvalue weighted by Crippen LogP contribution is 1.86. The molecule has 0 bridgehead atoms. The van der Waals surface area contributed by atoms with Gasteiger partial charge in [-0.05, 0) is 13.8 Å². The molecule has 0 aromatic heterocycles. The molecule has 0 aliphatic rings. The number of hydrogen-bond acceptors (Lipinski definition) is 3. The minimum atomic E-state index is -0.189. The van der Waals surface area contributed by atoms with E-state index in [1.54, 1.807) is 0 Å². The Balaban J connectivity index is 3.43. The Hall–Kier alpha value is -0.380. The molecule has 0 aromatic rings. The fraction of sp³-hybridized carbons (Fsp3) is 0.750. The standard InChI is InChI=1S/C8H17NO2/c1-7(2)3-4-9-8(5-10)6-11/h3,8-11H,4-6H2,1-2H3. The third-order valence-corrected chi connectivity index (χ3v) is 1.36. The monoisotopic (exact) mass is 159 g/mol. The second-order valence-electron chi connectivity index (χ2n) is 2.75. The van der Waals surface area contributed by atoms with Crippen LogP contribution < -0.4 is 5.32 Å². The van der Waals surface area contributed by atoms with Crippen LogP contribution in [0.5, 0.6) is 0 Å². The van der Waals surface area contributed by atoms with Gasteiger partial charge in [0.25, 0.3) is 0 Å². The van der Waals surface area contributed by atoms with Crippen molar-refractivity contribution in [3.05, 3.63) is 11.6 Å². The Morgan fingerprint density at radius 2 is 1.91 bits per heavy atom. The molecule has 3 heteroatoms. The quantitative estimate of drug-likeness (QED) is 0.491. The van der Waals surface area contributed by atoms with Crippen LogP contribution in [-0.2, 0) is 0 Å². The maximum absolute atomic E-state index is 8.65. The van der Waals surface area contributed by atoms with Crippen molar-refractivity contribution in [3.63, 3.8) is 0 Å². The molecule has 0 aliphatic heterocycles. The summed E-state index contributed by atoms with van der Waals surface area (Å²) in [5.74, 6) is 0. The third kappa shape index (κ3) is 6.04. The average molecular weight is 159 g/mol. The first-order valence-electron chi connectivity index (χ1n) is 3.79. The van der Waals surface area contributed by atoms with Crippen molar-refractivity contribution >= 4 is 0 Å². The SMILES string of the molecule is CC(C)=CCNC(CO)CO. The van der Waals surface area contributed by atoms with Crippen molar-refractivity contribution in [2.75, 3.05) is 19.8 Å². The first kappa shape index (κ1) is 10.6. The Kier molecular flexibility index (Phi) is 6.12. The van der Waals surface area contributed by atoms with E-state index in [-0.39, 0.29) is 19.3 Å². The van der Waals surface area contributed by atoms with Crippen LogP contribution >= 0.6 is 0 Å². The maximum atomic E-state index is 8.65. The number of aliphatic hydroxyl groups is 2. The van der Waals surface area contributed by atoms with Crippen molar-refractivity contribution in [1.82, 2.24) is 5.32 Å². The highest BCUT2D eigenvalue weighted by Gasteiger charge is 2.01. The number of allylic oxidation sites excluding steroid dienone is 1. The lowest BCUT2D eigenvalue weighted by molar-refractivity contribution is 0.174. The van der Waals surface area contributed by atoms with Crippen molar-refractivity contribution in [2.45, 2.75) is 19.9 Å². The summed E-state index contributed by atoms with van der Waals surface area (Å²) in [6.07, 6.45) is 2.01. The minimum absolute atomic E-state index is 0.0207. The largest absolute Gasteiger partial charge is 0.395 e. The van der Waals surface area contributed by atoms with Crippen molar-refractivity contribution in [2.24, 2.45) is 0 Å². The lowest BCUT2D eigenvalue weighted by Crippen LogP contribution is -2.35. The molecular formula is C8H17NO2. The van der Waals surface area contributed by atoms with Gasteiger partial charge in [0.1, 0.15) is 0 Å². The van der Waals surface area contributed by atoms with E-state index in [0.29, 0.717) is 6.54 Å². The van der Waals surface area contributed by atoms with E-state index in [2.05, 4.69) is 5.32 Å². The summed E-state index contributed by atoms with van der Waals surface area (Å²) in [5.41, 5.74) is 1.23. The molecule has 0 amide bonds. The molecule has 3 N–H and O–H groups in total.